The van der Waals surface area contributed by atoms with Crippen molar-refractivity contribution in [3.05, 3.63) is 35.9 Å². The number of hydrogen-bond acceptors (Lipinski definition) is 2. The maximum atomic E-state index is 5.17. The van der Waals surface area contributed by atoms with Crippen LogP contribution < -0.4 is 5.32 Å². The summed E-state index contributed by atoms with van der Waals surface area (Å²) in [7, 11) is 1.78. The Labute approximate surface area is 129 Å². The second kappa shape index (κ2) is 6.93. The largest absolute Gasteiger partial charge is 0.383 e. The van der Waals surface area contributed by atoms with Gasteiger partial charge in [-0.2, -0.15) is 0 Å². The van der Waals surface area contributed by atoms with Crippen LogP contribution in [0.4, 0.5) is 0 Å². The van der Waals surface area contributed by atoms with Crippen LogP contribution in [0.25, 0.3) is 0 Å². The van der Waals surface area contributed by atoms with Crippen molar-refractivity contribution in [3.8, 4) is 0 Å². The molecule has 2 saturated carbocycles. The summed E-state index contributed by atoms with van der Waals surface area (Å²) in [6, 6.07) is 11.1. The molecule has 3 rings (SSSR count). The molecule has 2 aliphatic rings. The molecule has 1 aromatic carbocycles. The second-order valence-electron chi connectivity index (χ2n) is 6.95. The molecule has 1 N–H and O–H groups in total. The Hall–Kier alpha value is -0.860. The van der Waals surface area contributed by atoms with Crippen molar-refractivity contribution >= 4 is 0 Å². The molecule has 2 aliphatic carbocycles. The molecule has 2 fully saturated rings. The van der Waals surface area contributed by atoms with Gasteiger partial charge < -0.3 is 10.1 Å². The SMILES string of the molecule is COCCNCC1(C2CC2c2ccccc2)CCCCC1. The highest BCUT2D eigenvalue weighted by atomic mass is 16.5. The van der Waals surface area contributed by atoms with Gasteiger partial charge in [-0.15, -0.1) is 0 Å². The highest BCUT2D eigenvalue weighted by molar-refractivity contribution is 5.27. The van der Waals surface area contributed by atoms with Gasteiger partial charge in [0.1, 0.15) is 0 Å². The summed E-state index contributed by atoms with van der Waals surface area (Å²) in [6.45, 7) is 2.99. The van der Waals surface area contributed by atoms with Gasteiger partial charge in [0.15, 0.2) is 0 Å². The van der Waals surface area contributed by atoms with E-state index in [1.807, 2.05) is 0 Å². The molecule has 116 valence electrons. The zero-order chi connectivity index (χ0) is 14.5. The van der Waals surface area contributed by atoms with Crippen LogP contribution in [0.2, 0.25) is 0 Å². The van der Waals surface area contributed by atoms with Crippen molar-refractivity contribution in [1.29, 1.82) is 0 Å². The quantitative estimate of drug-likeness (QED) is 0.766. The average molecular weight is 287 g/mol. The lowest BCUT2D eigenvalue weighted by Crippen LogP contribution is -2.39. The summed E-state index contributed by atoms with van der Waals surface area (Å²) in [5, 5.41) is 3.67. The molecule has 0 heterocycles. The Morgan fingerprint density at radius 2 is 1.90 bits per heavy atom. The summed E-state index contributed by atoms with van der Waals surface area (Å²) in [4.78, 5) is 0. The van der Waals surface area contributed by atoms with Gasteiger partial charge in [-0.3, -0.25) is 0 Å². The molecular weight excluding hydrogens is 258 g/mol. The molecule has 2 unspecified atom stereocenters. The molecule has 0 aliphatic heterocycles. The standard InChI is InChI=1S/C19H29NO/c1-21-13-12-20-15-19(10-6-3-7-11-19)18-14-17(18)16-8-4-2-5-9-16/h2,4-5,8-9,17-18,20H,3,6-7,10-15H2,1H3. The molecule has 21 heavy (non-hydrogen) atoms. The Balaban J connectivity index is 1.63. The van der Waals surface area contributed by atoms with Gasteiger partial charge in [0, 0.05) is 20.2 Å². The molecule has 0 aromatic heterocycles. The van der Waals surface area contributed by atoms with Crippen molar-refractivity contribution < 1.29 is 4.74 Å². The first-order chi connectivity index (χ1) is 10.4. The van der Waals surface area contributed by atoms with Gasteiger partial charge in [-0.25, -0.2) is 0 Å². The van der Waals surface area contributed by atoms with Gasteiger partial charge in [-0.1, -0.05) is 49.6 Å². The summed E-state index contributed by atoms with van der Waals surface area (Å²) in [6.07, 6.45) is 8.51. The smallest absolute Gasteiger partial charge is 0.0587 e. The van der Waals surface area contributed by atoms with E-state index in [-0.39, 0.29) is 0 Å². The Morgan fingerprint density at radius 3 is 2.62 bits per heavy atom. The topological polar surface area (TPSA) is 21.3 Å². The van der Waals surface area contributed by atoms with E-state index >= 15 is 0 Å². The number of hydrogen-bond donors (Lipinski definition) is 1. The molecular formula is C19H29NO. The molecule has 0 spiro atoms. The minimum Gasteiger partial charge on any atom is -0.383 e. The van der Waals surface area contributed by atoms with Crippen molar-refractivity contribution in [2.75, 3.05) is 26.8 Å². The lowest BCUT2D eigenvalue weighted by Gasteiger charge is -2.38. The van der Waals surface area contributed by atoms with E-state index in [4.69, 9.17) is 4.74 Å². The minimum absolute atomic E-state index is 0.548. The monoisotopic (exact) mass is 287 g/mol. The van der Waals surface area contributed by atoms with Crippen LogP contribution >= 0.6 is 0 Å². The Morgan fingerprint density at radius 1 is 1.14 bits per heavy atom. The lowest BCUT2D eigenvalue weighted by atomic mass is 9.69. The molecule has 2 nitrogen and oxygen atoms in total. The fraction of sp³-hybridized carbons (Fsp3) is 0.684. The molecule has 0 bridgehead atoms. The van der Waals surface area contributed by atoms with Crippen LogP contribution in [-0.2, 0) is 4.74 Å². The van der Waals surface area contributed by atoms with Crippen molar-refractivity contribution in [2.24, 2.45) is 11.3 Å². The lowest BCUT2D eigenvalue weighted by molar-refractivity contribution is 0.136. The highest BCUT2D eigenvalue weighted by Crippen LogP contribution is 2.61. The maximum absolute atomic E-state index is 5.17. The van der Waals surface area contributed by atoms with Gasteiger partial charge in [0.2, 0.25) is 0 Å². The highest BCUT2D eigenvalue weighted by Gasteiger charge is 2.52. The molecule has 2 heteroatoms. The fourth-order valence-electron chi connectivity index (χ4n) is 4.39. The Kier molecular flexibility index (Phi) is 4.97. The molecule has 2 atom stereocenters. The van der Waals surface area contributed by atoms with Crippen molar-refractivity contribution in [3.63, 3.8) is 0 Å². The van der Waals surface area contributed by atoms with E-state index < -0.39 is 0 Å². The van der Waals surface area contributed by atoms with Crippen LogP contribution in [0, 0.1) is 11.3 Å². The zero-order valence-corrected chi connectivity index (χ0v) is 13.3. The molecule has 0 radical (unpaired) electrons. The van der Waals surface area contributed by atoms with Crippen molar-refractivity contribution in [2.45, 2.75) is 44.4 Å². The minimum atomic E-state index is 0.548. The number of rotatable bonds is 7. The van der Waals surface area contributed by atoms with Crippen LogP contribution in [0.5, 0.6) is 0 Å². The zero-order valence-electron chi connectivity index (χ0n) is 13.3. The first-order valence-corrected chi connectivity index (χ1v) is 8.60. The van der Waals surface area contributed by atoms with E-state index in [0.717, 1.165) is 25.0 Å². The normalized spacial score (nSPS) is 27.5. The number of ether oxygens (including phenoxy) is 1. The van der Waals surface area contributed by atoms with Crippen molar-refractivity contribution in [1.82, 2.24) is 5.32 Å². The van der Waals surface area contributed by atoms with Gasteiger partial charge in [-0.05, 0) is 42.1 Å². The van der Waals surface area contributed by atoms with Gasteiger partial charge in [0.25, 0.3) is 0 Å². The predicted octanol–water partition coefficient (Wildman–Crippen LogP) is 3.98. The van der Waals surface area contributed by atoms with Crippen LogP contribution in [0.15, 0.2) is 30.3 Å². The summed E-state index contributed by atoms with van der Waals surface area (Å²) >= 11 is 0. The molecule has 0 amide bonds. The number of benzene rings is 1. The first-order valence-electron chi connectivity index (χ1n) is 8.60. The third-order valence-electron chi connectivity index (χ3n) is 5.61. The van der Waals surface area contributed by atoms with Gasteiger partial charge in [0.05, 0.1) is 6.61 Å². The Bertz CT molecular complexity index is 424. The molecule has 0 saturated heterocycles. The fourth-order valence-corrected chi connectivity index (χ4v) is 4.39. The van der Waals surface area contributed by atoms with E-state index in [1.165, 1.54) is 45.1 Å². The second-order valence-corrected chi connectivity index (χ2v) is 6.95. The summed E-state index contributed by atoms with van der Waals surface area (Å²) < 4.78 is 5.17. The third-order valence-corrected chi connectivity index (χ3v) is 5.61. The maximum Gasteiger partial charge on any atom is 0.0587 e. The van der Waals surface area contributed by atoms with Crippen LogP contribution in [0.1, 0.15) is 50.0 Å². The number of nitrogens with one attached hydrogen (secondary N) is 1. The first kappa shape index (κ1) is 15.1. The predicted molar refractivity (Wildman–Crippen MR) is 87.6 cm³/mol. The molecule has 1 aromatic rings. The van der Waals surface area contributed by atoms with Crippen LogP contribution in [-0.4, -0.2) is 26.8 Å². The van der Waals surface area contributed by atoms with E-state index in [9.17, 15) is 0 Å². The summed E-state index contributed by atoms with van der Waals surface area (Å²) in [5.74, 6) is 1.71. The van der Waals surface area contributed by atoms with Gasteiger partial charge >= 0.3 is 0 Å². The van der Waals surface area contributed by atoms with Crippen LogP contribution in [0.3, 0.4) is 0 Å². The van der Waals surface area contributed by atoms with E-state index in [2.05, 4.69) is 35.6 Å². The number of methoxy groups -OCH3 is 1. The third kappa shape index (κ3) is 3.49. The van der Waals surface area contributed by atoms with E-state index in [0.29, 0.717) is 5.41 Å². The average Bonchev–Trinajstić information content (AvgIpc) is 3.35. The summed E-state index contributed by atoms with van der Waals surface area (Å²) in [5.41, 5.74) is 2.11. The van der Waals surface area contributed by atoms with E-state index in [1.54, 1.807) is 12.7 Å².